The van der Waals surface area contributed by atoms with Crippen molar-refractivity contribution < 1.29 is 13.9 Å². The number of fused-ring (bicyclic) bond motifs is 2. The van der Waals surface area contributed by atoms with Gasteiger partial charge in [-0.05, 0) is 114 Å². The minimum Gasteiger partial charge on any atom is -0.493 e. The van der Waals surface area contributed by atoms with Crippen LogP contribution < -0.4 is 9.47 Å². The second-order valence-corrected chi connectivity index (χ2v) is 12.3. The minimum absolute atomic E-state index is 0.363. The van der Waals surface area contributed by atoms with E-state index >= 15 is 4.39 Å². The molecular formula is C34H39FN6O2. The van der Waals surface area contributed by atoms with Crippen LogP contribution in [0.15, 0.2) is 54.6 Å². The summed E-state index contributed by atoms with van der Waals surface area (Å²) in [5.41, 5.74) is 4.37. The molecule has 2 saturated heterocycles. The zero-order valence-electron chi connectivity index (χ0n) is 24.9. The molecule has 9 heteroatoms. The van der Waals surface area contributed by atoms with Gasteiger partial charge in [-0.15, -0.1) is 0 Å². The van der Waals surface area contributed by atoms with Crippen molar-refractivity contribution in [3.8, 4) is 34.3 Å². The Labute approximate surface area is 251 Å². The lowest BCUT2D eigenvalue weighted by atomic mass is 9.98. The highest BCUT2D eigenvalue weighted by Gasteiger charge is 2.19. The van der Waals surface area contributed by atoms with Gasteiger partial charge in [0.2, 0.25) is 0 Å². The van der Waals surface area contributed by atoms with Crippen LogP contribution in [0.1, 0.15) is 25.7 Å². The smallest absolute Gasteiger partial charge is 0.141 e. The molecular weight excluding hydrogens is 543 g/mol. The Hall–Kier alpha value is -3.95. The van der Waals surface area contributed by atoms with Crippen LogP contribution in [0.2, 0.25) is 0 Å². The molecule has 3 aromatic carbocycles. The summed E-state index contributed by atoms with van der Waals surface area (Å²) in [5.74, 6) is 3.53. The number of hydrogen-bond acceptors (Lipinski definition) is 6. The van der Waals surface area contributed by atoms with E-state index in [2.05, 4.69) is 38.8 Å². The Balaban J connectivity index is 1.03. The van der Waals surface area contributed by atoms with Gasteiger partial charge in [0, 0.05) is 17.7 Å². The summed E-state index contributed by atoms with van der Waals surface area (Å²) in [7, 11) is 4.33. The summed E-state index contributed by atoms with van der Waals surface area (Å²) in [6.45, 7) is 5.92. The Kier molecular flexibility index (Phi) is 7.76. The van der Waals surface area contributed by atoms with E-state index in [1.807, 2.05) is 42.5 Å². The zero-order valence-corrected chi connectivity index (χ0v) is 24.9. The molecule has 0 aliphatic carbocycles. The fraction of sp³-hybridized carbons (Fsp3) is 0.412. The molecule has 2 N–H and O–H groups in total. The van der Waals surface area contributed by atoms with Gasteiger partial charge < -0.3 is 29.2 Å². The third-order valence-electron chi connectivity index (χ3n) is 9.05. The molecule has 0 atom stereocenters. The molecule has 2 aromatic heterocycles. The van der Waals surface area contributed by atoms with E-state index < -0.39 is 0 Å². The van der Waals surface area contributed by atoms with Crippen LogP contribution in [0.5, 0.6) is 11.5 Å². The van der Waals surface area contributed by atoms with Crippen LogP contribution in [0.4, 0.5) is 4.39 Å². The average Bonchev–Trinajstić information content (AvgIpc) is 3.64. The first kappa shape index (κ1) is 27.9. The second kappa shape index (κ2) is 12.0. The Morgan fingerprint density at radius 2 is 1.21 bits per heavy atom. The Morgan fingerprint density at radius 1 is 0.698 bits per heavy atom. The second-order valence-electron chi connectivity index (χ2n) is 12.3. The predicted octanol–water partition coefficient (Wildman–Crippen LogP) is 6.35. The number of benzene rings is 3. The monoisotopic (exact) mass is 582 g/mol. The van der Waals surface area contributed by atoms with Crippen molar-refractivity contribution in [2.75, 3.05) is 53.5 Å². The summed E-state index contributed by atoms with van der Waals surface area (Å²) in [5, 5.41) is 0. The van der Waals surface area contributed by atoms with Crippen LogP contribution >= 0.6 is 0 Å². The van der Waals surface area contributed by atoms with Crippen molar-refractivity contribution in [3.63, 3.8) is 0 Å². The number of halogens is 1. The van der Waals surface area contributed by atoms with E-state index in [1.165, 1.54) is 6.07 Å². The Morgan fingerprint density at radius 3 is 1.74 bits per heavy atom. The van der Waals surface area contributed by atoms with Gasteiger partial charge in [-0.3, -0.25) is 0 Å². The van der Waals surface area contributed by atoms with Gasteiger partial charge in [0.15, 0.2) is 0 Å². The van der Waals surface area contributed by atoms with E-state index in [9.17, 15) is 0 Å². The maximum Gasteiger partial charge on any atom is 0.141 e. The largest absolute Gasteiger partial charge is 0.493 e. The van der Waals surface area contributed by atoms with Gasteiger partial charge in [-0.1, -0.05) is 6.07 Å². The summed E-state index contributed by atoms with van der Waals surface area (Å²) in [6, 6.07) is 16.8. The molecule has 4 heterocycles. The molecule has 7 rings (SSSR count). The average molecular weight is 583 g/mol. The van der Waals surface area contributed by atoms with Crippen LogP contribution in [0.3, 0.4) is 0 Å². The minimum atomic E-state index is -0.363. The number of nitrogens with zero attached hydrogens (tertiary/aromatic N) is 4. The molecule has 2 fully saturated rings. The van der Waals surface area contributed by atoms with Gasteiger partial charge in [0.1, 0.15) is 29.0 Å². The summed E-state index contributed by atoms with van der Waals surface area (Å²) < 4.78 is 27.7. The molecule has 8 nitrogen and oxygen atoms in total. The van der Waals surface area contributed by atoms with Gasteiger partial charge in [0.05, 0.1) is 40.8 Å². The van der Waals surface area contributed by atoms with Gasteiger partial charge in [-0.2, -0.15) is 0 Å². The number of piperidine rings is 2. The van der Waals surface area contributed by atoms with Crippen LogP contribution in [0.25, 0.3) is 44.8 Å². The maximum absolute atomic E-state index is 15.5. The molecule has 2 aliphatic heterocycles. The highest BCUT2D eigenvalue weighted by Crippen LogP contribution is 2.30. The summed E-state index contributed by atoms with van der Waals surface area (Å²) in [4.78, 5) is 20.7. The van der Waals surface area contributed by atoms with E-state index in [4.69, 9.17) is 14.5 Å². The molecule has 0 spiro atoms. The predicted molar refractivity (Wildman–Crippen MR) is 168 cm³/mol. The number of H-pyrrole nitrogens is 2. The number of aromatic nitrogens is 4. The third-order valence-corrected chi connectivity index (χ3v) is 9.05. The zero-order chi connectivity index (χ0) is 29.3. The first-order valence-electron chi connectivity index (χ1n) is 15.4. The first-order valence-corrected chi connectivity index (χ1v) is 15.4. The lowest BCUT2D eigenvalue weighted by Crippen LogP contribution is -2.32. The topological polar surface area (TPSA) is 82.3 Å². The van der Waals surface area contributed by atoms with Crippen molar-refractivity contribution in [1.29, 1.82) is 0 Å². The fourth-order valence-electron chi connectivity index (χ4n) is 6.16. The van der Waals surface area contributed by atoms with E-state index in [-0.39, 0.29) is 5.82 Å². The van der Waals surface area contributed by atoms with Crippen LogP contribution in [-0.2, 0) is 0 Å². The maximum atomic E-state index is 15.5. The van der Waals surface area contributed by atoms with E-state index in [0.717, 1.165) is 92.0 Å². The lowest BCUT2D eigenvalue weighted by Gasteiger charge is -2.28. The molecule has 43 heavy (non-hydrogen) atoms. The summed E-state index contributed by atoms with van der Waals surface area (Å²) in [6.07, 6.45) is 4.64. The normalized spacial score (nSPS) is 17.7. The summed E-state index contributed by atoms with van der Waals surface area (Å²) >= 11 is 0. The number of rotatable bonds is 8. The van der Waals surface area contributed by atoms with Gasteiger partial charge in [-0.25, -0.2) is 14.4 Å². The van der Waals surface area contributed by atoms with Crippen molar-refractivity contribution >= 4 is 22.1 Å². The third kappa shape index (κ3) is 6.24. The molecule has 2 aliphatic rings. The quantitative estimate of drug-likeness (QED) is 0.222. The van der Waals surface area contributed by atoms with Crippen molar-refractivity contribution in [2.45, 2.75) is 25.7 Å². The van der Waals surface area contributed by atoms with Crippen LogP contribution in [-0.4, -0.2) is 83.2 Å². The van der Waals surface area contributed by atoms with Crippen LogP contribution in [0, 0.1) is 17.7 Å². The molecule has 0 saturated carbocycles. The highest BCUT2D eigenvalue weighted by molar-refractivity contribution is 5.83. The van der Waals surface area contributed by atoms with Crippen molar-refractivity contribution in [3.05, 3.63) is 60.4 Å². The van der Waals surface area contributed by atoms with E-state index in [0.29, 0.717) is 41.2 Å². The number of aromatic amines is 2. The highest BCUT2D eigenvalue weighted by atomic mass is 19.1. The number of imidazole rings is 2. The van der Waals surface area contributed by atoms with Crippen molar-refractivity contribution in [2.24, 2.45) is 11.8 Å². The lowest BCUT2D eigenvalue weighted by molar-refractivity contribution is 0.160. The standard InChI is InChI=1S/C34H39FN6O2/c1-40-13-9-22(10-14-40)20-42-25-4-7-29-31(18-25)38-33(36-29)24-3-6-27(28(35)17-24)34-37-30-8-5-26(19-32(30)39-34)43-21-23-11-15-41(2)16-12-23/h3-8,17-19,22-23H,9-16,20-21H2,1-2H3,(H,36,38)(H,37,39). The molecule has 5 aromatic rings. The van der Waals surface area contributed by atoms with Crippen molar-refractivity contribution in [1.82, 2.24) is 29.7 Å². The fourth-order valence-corrected chi connectivity index (χ4v) is 6.16. The number of likely N-dealkylation sites (tertiary alicyclic amines) is 2. The Bertz CT molecular complexity index is 1720. The molecule has 224 valence electrons. The van der Waals surface area contributed by atoms with Gasteiger partial charge in [0.25, 0.3) is 0 Å². The molecule has 0 bridgehead atoms. The van der Waals surface area contributed by atoms with Gasteiger partial charge >= 0.3 is 0 Å². The number of nitrogens with one attached hydrogen (secondary N) is 2. The molecule has 0 unspecified atom stereocenters. The molecule has 0 radical (unpaired) electrons. The van der Waals surface area contributed by atoms with E-state index in [1.54, 1.807) is 6.07 Å². The number of ether oxygens (including phenoxy) is 2. The first-order chi connectivity index (χ1) is 21.0. The molecule has 0 amide bonds. The number of hydrogen-bond donors (Lipinski definition) is 2. The SMILES string of the molecule is CN1CCC(COc2ccc3nc(-c4ccc(-c5nc6ccc(OCC7CCN(C)CC7)cc6[nH]5)c(F)c4)[nH]c3c2)CC1.